The number of nitrogens with two attached hydrogens (primary N) is 1. The lowest BCUT2D eigenvalue weighted by Crippen LogP contribution is -2.22. The van der Waals surface area contributed by atoms with Gasteiger partial charge < -0.3 is 10.3 Å². The minimum absolute atomic E-state index is 0.0851. The highest BCUT2D eigenvalue weighted by molar-refractivity contribution is 6.35. The fourth-order valence-corrected chi connectivity index (χ4v) is 2.82. The van der Waals surface area contributed by atoms with Crippen molar-refractivity contribution in [3.8, 4) is 11.5 Å². The number of halogens is 2. The summed E-state index contributed by atoms with van der Waals surface area (Å²) in [5.74, 6) is 1.07. The second-order valence-electron chi connectivity index (χ2n) is 4.64. The first-order chi connectivity index (χ1) is 9.15. The van der Waals surface area contributed by atoms with Gasteiger partial charge in [0.25, 0.3) is 0 Å². The van der Waals surface area contributed by atoms with Crippen molar-refractivity contribution in [1.82, 2.24) is 15.1 Å². The van der Waals surface area contributed by atoms with Gasteiger partial charge in [0.15, 0.2) is 0 Å². The molecule has 0 spiro atoms. The first-order valence-electron chi connectivity index (χ1n) is 6.06. The van der Waals surface area contributed by atoms with Crippen LogP contribution in [0.2, 0.25) is 10.0 Å². The number of rotatable bonds is 2. The summed E-state index contributed by atoms with van der Waals surface area (Å²) in [6.45, 7) is 0. The molecule has 1 aliphatic carbocycles. The molecule has 1 saturated carbocycles. The van der Waals surface area contributed by atoms with Gasteiger partial charge in [0, 0.05) is 12.2 Å². The molecule has 0 aliphatic heterocycles. The van der Waals surface area contributed by atoms with Crippen molar-refractivity contribution < 1.29 is 4.52 Å². The van der Waals surface area contributed by atoms with Crippen molar-refractivity contribution >= 4 is 23.2 Å². The van der Waals surface area contributed by atoms with E-state index in [1.807, 2.05) is 0 Å². The number of hydrogen-bond acceptors (Lipinski definition) is 5. The minimum Gasteiger partial charge on any atom is -0.339 e. The molecule has 5 nitrogen and oxygen atoms in total. The fraction of sp³-hybridized carbons (Fsp3) is 0.417. The zero-order chi connectivity index (χ0) is 13.4. The van der Waals surface area contributed by atoms with Gasteiger partial charge in [-0.3, -0.25) is 0 Å². The van der Waals surface area contributed by atoms with Crippen molar-refractivity contribution in [2.75, 3.05) is 0 Å². The van der Waals surface area contributed by atoms with Crippen molar-refractivity contribution in [3.05, 3.63) is 28.2 Å². The Bertz CT molecular complexity index is 601. The van der Waals surface area contributed by atoms with E-state index in [-0.39, 0.29) is 12.0 Å². The Kier molecular flexibility index (Phi) is 3.43. The lowest BCUT2D eigenvalue weighted by atomic mass is 10.1. The number of aromatic nitrogens is 3. The van der Waals surface area contributed by atoms with Gasteiger partial charge in [-0.25, -0.2) is 4.98 Å². The van der Waals surface area contributed by atoms with E-state index >= 15 is 0 Å². The van der Waals surface area contributed by atoms with E-state index in [9.17, 15) is 0 Å². The topological polar surface area (TPSA) is 77.8 Å². The molecule has 19 heavy (non-hydrogen) atoms. The lowest BCUT2D eigenvalue weighted by molar-refractivity contribution is 0.345. The molecule has 2 N–H and O–H groups in total. The van der Waals surface area contributed by atoms with E-state index in [0.29, 0.717) is 27.5 Å². The van der Waals surface area contributed by atoms with Crippen LogP contribution in [-0.2, 0) is 0 Å². The van der Waals surface area contributed by atoms with Gasteiger partial charge in [0.2, 0.25) is 11.7 Å². The predicted octanol–water partition coefficient (Wildman–Crippen LogP) is 3.03. The van der Waals surface area contributed by atoms with E-state index in [0.717, 1.165) is 19.3 Å². The Morgan fingerprint density at radius 2 is 2.16 bits per heavy atom. The normalized spacial score (nSPS) is 22.9. The molecular formula is C12H12Cl2N4O. The molecule has 0 saturated heterocycles. The maximum Gasteiger partial charge on any atom is 0.231 e. The van der Waals surface area contributed by atoms with E-state index in [2.05, 4.69) is 15.1 Å². The quantitative estimate of drug-likeness (QED) is 0.922. The number of nitrogens with zero attached hydrogens (tertiary/aromatic N) is 3. The van der Waals surface area contributed by atoms with Crippen molar-refractivity contribution in [1.29, 1.82) is 0 Å². The van der Waals surface area contributed by atoms with Gasteiger partial charge in [0.05, 0.1) is 16.0 Å². The van der Waals surface area contributed by atoms with Crippen LogP contribution in [0.15, 0.2) is 16.8 Å². The third-order valence-electron chi connectivity index (χ3n) is 3.35. The number of pyridine rings is 1. The highest BCUT2D eigenvalue weighted by atomic mass is 35.5. The van der Waals surface area contributed by atoms with Crippen LogP contribution < -0.4 is 5.73 Å². The molecule has 7 heteroatoms. The molecule has 100 valence electrons. The van der Waals surface area contributed by atoms with E-state index in [4.69, 9.17) is 33.5 Å². The van der Waals surface area contributed by atoms with Crippen molar-refractivity contribution in [3.63, 3.8) is 0 Å². The zero-order valence-corrected chi connectivity index (χ0v) is 11.5. The van der Waals surface area contributed by atoms with Crippen LogP contribution in [0.5, 0.6) is 0 Å². The van der Waals surface area contributed by atoms with Crippen molar-refractivity contribution in [2.45, 2.75) is 31.2 Å². The van der Waals surface area contributed by atoms with Gasteiger partial charge in [-0.1, -0.05) is 34.8 Å². The first kappa shape index (κ1) is 12.8. The average molecular weight is 299 g/mol. The van der Waals surface area contributed by atoms with Gasteiger partial charge >= 0.3 is 0 Å². The Balaban J connectivity index is 1.92. The highest BCUT2D eigenvalue weighted by Gasteiger charge is 2.30. The second kappa shape index (κ2) is 5.07. The Morgan fingerprint density at radius 3 is 2.84 bits per heavy atom. The minimum atomic E-state index is 0.0851. The largest absolute Gasteiger partial charge is 0.339 e. The summed E-state index contributed by atoms with van der Waals surface area (Å²) in [5, 5.41) is 4.79. The third kappa shape index (κ3) is 2.45. The van der Waals surface area contributed by atoms with Crippen LogP contribution in [0.1, 0.15) is 31.1 Å². The molecule has 1 fully saturated rings. The molecule has 2 aromatic heterocycles. The van der Waals surface area contributed by atoms with E-state index < -0.39 is 0 Å². The standard InChI is InChI=1S/C12H12Cl2N4O/c13-6-4-8(14)10(16-5-6)11-17-12(19-18-11)7-2-1-3-9(7)15/h4-5,7,9H,1-3,15H2. The molecule has 2 atom stereocenters. The smallest absolute Gasteiger partial charge is 0.231 e. The van der Waals surface area contributed by atoms with Crippen molar-refractivity contribution in [2.24, 2.45) is 5.73 Å². The SMILES string of the molecule is NC1CCCC1c1nc(-c2ncc(Cl)cc2Cl)no1. The maximum absolute atomic E-state index is 6.07. The van der Waals surface area contributed by atoms with Gasteiger partial charge in [-0.05, 0) is 18.9 Å². The van der Waals surface area contributed by atoms with Crippen LogP contribution in [-0.4, -0.2) is 21.2 Å². The van der Waals surface area contributed by atoms with Crippen LogP contribution in [0, 0.1) is 0 Å². The molecule has 0 radical (unpaired) electrons. The maximum atomic E-state index is 6.07. The van der Waals surface area contributed by atoms with Gasteiger partial charge in [-0.2, -0.15) is 4.98 Å². The Labute approximate surface area is 120 Å². The van der Waals surface area contributed by atoms with E-state index in [1.54, 1.807) is 6.07 Å². The first-order valence-corrected chi connectivity index (χ1v) is 6.81. The number of hydrogen-bond donors (Lipinski definition) is 1. The summed E-state index contributed by atoms with van der Waals surface area (Å²) >= 11 is 11.9. The zero-order valence-electron chi connectivity index (χ0n) is 10.0. The molecule has 0 aromatic carbocycles. The average Bonchev–Trinajstić information content (AvgIpc) is 2.97. The summed E-state index contributed by atoms with van der Waals surface area (Å²) in [6.07, 6.45) is 4.55. The van der Waals surface area contributed by atoms with E-state index in [1.165, 1.54) is 6.20 Å². The molecule has 0 amide bonds. The molecule has 0 bridgehead atoms. The van der Waals surface area contributed by atoms with Crippen LogP contribution in [0.4, 0.5) is 0 Å². The molecule has 2 unspecified atom stereocenters. The van der Waals surface area contributed by atoms with Crippen LogP contribution >= 0.6 is 23.2 Å². The Hall–Kier alpha value is -1.17. The summed E-state index contributed by atoms with van der Waals surface area (Å²) < 4.78 is 5.29. The van der Waals surface area contributed by atoms with Crippen LogP contribution in [0.25, 0.3) is 11.5 Å². The fourth-order valence-electron chi connectivity index (χ4n) is 2.36. The lowest BCUT2D eigenvalue weighted by Gasteiger charge is -2.08. The summed E-state index contributed by atoms with van der Waals surface area (Å²) in [4.78, 5) is 8.48. The molecule has 2 heterocycles. The van der Waals surface area contributed by atoms with Gasteiger partial charge in [-0.15, -0.1) is 0 Å². The molecule has 3 rings (SSSR count). The Morgan fingerprint density at radius 1 is 1.32 bits per heavy atom. The summed E-state index contributed by atoms with van der Waals surface area (Å²) in [7, 11) is 0. The predicted molar refractivity (Wildman–Crippen MR) is 72.1 cm³/mol. The third-order valence-corrected chi connectivity index (χ3v) is 3.84. The highest BCUT2D eigenvalue weighted by Crippen LogP contribution is 2.34. The monoisotopic (exact) mass is 298 g/mol. The van der Waals surface area contributed by atoms with Crippen LogP contribution in [0.3, 0.4) is 0 Å². The van der Waals surface area contributed by atoms with Gasteiger partial charge in [0.1, 0.15) is 5.69 Å². The summed E-state index contributed by atoms with van der Waals surface area (Å²) in [5.41, 5.74) is 6.49. The molecule has 1 aliphatic rings. The molecule has 2 aromatic rings. The summed E-state index contributed by atoms with van der Waals surface area (Å²) in [6, 6.07) is 1.69. The molecular weight excluding hydrogens is 287 g/mol. The second-order valence-corrected chi connectivity index (χ2v) is 5.49.